The Kier molecular flexibility index (Phi) is 6.24. The number of nitrogens with zero attached hydrogens (tertiary/aromatic N) is 5. The van der Waals surface area contributed by atoms with Crippen LogP contribution in [0.25, 0.3) is 10.9 Å². The Labute approximate surface area is 203 Å². The molecule has 0 spiro atoms. The number of benzene rings is 1. The molecule has 3 aliphatic heterocycles. The van der Waals surface area contributed by atoms with Crippen LogP contribution >= 0.6 is 0 Å². The molecule has 184 valence electrons. The van der Waals surface area contributed by atoms with Crippen LogP contribution in [-0.4, -0.2) is 83.9 Å². The van der Waals surface area contributed by atoms with Crippen molar-refractivity contribution in [2.24, 2.45) is 18.9 Å². The molecule has 0 radical (unpaired) electrons. The molecule has 4 heterocycles. The van der Waals surface area contributed by atoms with Gasteiger partial charge in [0.2, 0.25) is 0 Å². The molecular weight excluding hydrogens is 424 g/mol. The highest BCUT2D eigenvalue weighted by Gasteiger charge is 2.44. The first kappa shape index (κ1) is 22.4. The van der Waals surface area contributed by atoms with E-state index in [1.165, 1.54) is 64.0 Å². The summed E-state index contributed by atoms with van der Waals surface area (Å²) in [5, 5.41) is 8.88. The molecule has 7 nitrogen and oxygen atoms in total. The largest absolute Gasteiger partial charge is 0.371 e. The minimum absolute atomic E-state index is 0.0251. The van der Waals surface area contributed by atoms with Gasteiger partial charge in [0.15, 0.2) is 5.69 Å². The van der Waals surface area contributed by atoms with Gasteiger partial charge in [0.1, 0.15) is 0 Å². The van der Waals surface area contributed by atoms with Gasteiger partial charge in [-0.1, -0.05) is 12.8 Å². The SMILES string of the molecule is Cn1nc(C(=O)NC2CCN(CCN3CC4CC4C3)CC2)c2ccc(N3CCCCCC3)cc21. The molecule has 2 atom stereocenters. The zero-order valence-electron chi connectivity index (χ0n) is 20.7. The van der Waals surface area contributed by atoms with Gasteiger partial charge in [-0.3, -0.25) is 9.48 Å². The highest BCUT2D eigenvalue weighted by Crippen LogP contribution is 2.44. The van der Waals surface area contributed by atoms with Crippen molar-refractivity contribution in [1.29, 1.82) is 0 Å². The van der Waals surface area contributed by atoms with Crippen LogP contribution in [-0.2, 0) is 7.05 Å². The van der Waals surface area contributed by atoms with Gasteiger partial charge in [0.25, 0.3) is 5.91 Å². The molecule has 2 aromatic rings. The van der Waals surface area contributed by atoms with E-state index in [9.17, 15) is 4.79 Å². The highest BCUT2D eigenvalue weighted by atomic mass is 16.2. The number of piperidine rings is 2. The van der Waals surface area contributed by atoms with Gasteiger partial charge in [-0.25, -0.2) is 0 Å². The normalized spacial score (nSPS) is 26.6. The molecule has 1 aliphatic carbocycles. The van der Waals surface area contributed by atoms with Crippen LogP contribution in [0.4, 0.5) is 5.69 Å². The molecule has 2 unspecified atom stereocenters. The minimum atomic E-state index is -0.0251. The maximum absolute atomic E-state index is 13.2. The van der Waals surface area contributed by atoms with Gasteiger partial charge in [0.05, 0.1) is 5.52 Å². The van der Waals surface area contributed by atoms with Gasteiger partial charge in [-0.05, 0) is 62.1 Å². The first-order valence-electron chi connectivity index (χ1n) is 13.6. The van der Waals surface area contributed by atoms with Crippen molar-refractivity contribution < 1.29 is 4.79 Å². The lowest BCUT2D eigenvalue weighted by molar-refractivity contribution is 0.0903. The lowest BCUT2D eigenvalue weighted by Crippen LogP contribution is -2.46. The van der Waals surface area contributed by atoms with Crippen molar-refractivity contribution in [3.8, 4) is 0 Å². The van der Waals surface area contributed by atoms with E-state index in [1.54, 1.807) is 0 Å². The van der Waals surface area contributed by atoms with E-state index in [1.807, 2.05) is 11.7 Å². The van der Waals surface area contributed by atoms with Gasteiger partial charge < -0.3 is 20.0 Å². The predicted molar refractivity (Wildman–Crippen MR) is 136 cm³/mol. The van der Waals surface area contributed by atoms with Crippen LogP contribution in [0.2, 0.25) is 0 Å². The number of amides is 1. The summed E-state index contributed by atoms with van der Waals surface area (Å²) < 4.78 is 1.87. The van der Waals surface area contributed by atoms with Crippen molar-refractivity contribution in [3.63, 3.8) is 0 Å². The van der Waals surface area contributed by atoms with E-state index >= 15 is 0 Å². The van der Waals surface area contributed by atoms with Crippen LogP contribution < -0.4 is 10.2 Å². The summed E-state index contributed by atoms with van der Waals surface area (Å²) in [6, 6.07) is 6.74. The van der Waals surface area contributed by atoms with Crippen LogP contribution in [0.5, 0.6) is 0 Å². The molecule has 4 fully saturated rings. The van der Waals surface area contributed by atoms with Crippen molar-refractivity contribution in [1.82, 2.24) is 24.9 Å². The number of hydrogen-bond donors (Lipinski definition) is 1. The second-order valence-corrected chi connectivity index (χ2v) is 11.2. The number of likely N-dealkylation sites (tertiary alicyclic amines) is 2. The third-order valence-corrected chi connectivity index (χ3v) is 8.73. The van der Waals surface area contributed by atoms with Crippen molar-refractivity contribution >= 4 is 22.5 Å². The Morgan fingerprint density at radius 1 is 0.971 bits per heavy atom. The smallest absolute Gasteiger partial charge is 0.272 e. The van der Waals surface area contributed by atoms with Gasteiger partial charge >= 0.3 is 0 Å². The van der Waals surface area contributed by atoms with Crippen LogP contribution in [0, 0.1) is 11.8 Å². The van der Waals surface area contributed by atoms with Gasteiger partial charge in [-0.2, -0.15) is 5.10 Å². The molecule has 4 aliphatic rings. The number of aromatic nitrogens is 2. The summed E-state index contributed by atoms with van der Waals surface area (Å²) in [4.78, 5) is 20.9. The molecule has 0 bridgehead atoms. The number of fused-ring (bicyclic) bond motifs is 2. The fourth-order valence-electron chi connectivity index (χ4n) is 6.45. The summed E-state index contributed by atoms with van der Waals surface area (Å²) in [6.45, 7) is 9.43. The van der Waals surface area contributed by atoms with E-state index in [0.29, 0.717) is 5.69 Å². The third kappa shape index (κ3) is 4.69. The molecule has 1 amide bonds. The summed E-state index contributed by atoms with van der Waals surface area (Å²) >= 11 is 0. The average molecular weight is 465 g/mol. The Bertz CT molecular complexity index is 1010. The number of aryl methyl sites for hydroxylation is 1. The molecular formula is C27H40N6O. The maximum Gasteiger partial charge on any atom is 0.272 e. The molecule has 6 rings (SSSR count). The van der Waals surface area contributed by atoms with E-state index in [2.05, 4.69) is 43.3 Å². The fraction of sp³-hybridized carbons (Fsp3) is 0.704. The van der Waals surface area contributed by atoms with E-state index in [0.717, 1.165) is 61.8 Å². The summed E-state index contributed by atoms with van der Waals surface area (Å²) in [6.07, 6.45) is 8.71. The van der Waals surface area contributed by atoms with Crippen LogP contribution in [0.15, 0.2) is 18.2 Å². The summed E-state index contributed by atoms with van der Waals surface area (Å²) in [5.74, 6) is 2.01. The Balaban J connectivity index is 1.04. The summed E-state index contributed by atoms with van der Waals surface area (Å²) in [5.41, 5.74) is 2.86. The van der Waals surface area contributed by atoms with E-state index in [-0.39, 0.29) is 11.9 Å². The van der Waals surface area contributed by atoms with Crippen LogP contribution in [0.1, 0.15) is 55.4 Å². The number of hydrogen-bond acceptors (Lipinski definition) is 5. The first-order chi connectivity index (χ1) is 16.6. The maximum atomic E-state index is 13.2. The quantitative estimate of drug-likeness (QED) is 0.712. The molecule has 1 N–H and O–H groups in total. The minimum Gasteiger partial charge on any atom is -0.371 e. The molecule has 34 heavy (non-hydrogen) atoms. The number of nitrogens with one attached hydrogen (secondary N) is 1. The molecule has 1 saturated carbocycles. The Morgan fingerprint density at radius 3 is 2.41 bits per heavy atom. The molecule has 7 heteroatoms. The van der Waals surface area contributed by atoms with Crippen LogP contribution in [0.3, 0.4) is 0 Å². The number of rotatable bonds is 6. The van der Waals surface area contributed by atoms with Crippen molar-refractivity contribution in [3.05, 3.63) is 23.9 Å². The second kappa shape index (κ2) is 9.50. The topological polar surface area (TPSA) is 56.6 Å². The first-order valence-corrected chi connectivity index (χ1v) is 13.6. The average Bonchev–Trinajstić information content (AvgIpc) is 3.45. The molecule has 1 aromatic carbocycles. The van der Waals surface area contributed by atoms with Gasteiger partial charge in [-0.15, -0.1) is 0 Å². The Morgan fingerprint density at radius 2 is 1.68 bits per heavy atom. The number of anilines is 1. The predicted octanol–water partition coefficient (Wildman–Crippen LogP) is 3.10. The van der Waals surface area contributed by atoms with Gasteiger partial charge in [0, 0.05) is 76.5 Å². The fourth-order valence-corrected chi connectivity index (χ4v) is 6.45. The Hall–Kier alpha value is -2.12. The lowest BCUT2D eigenvalue weighted by atomic mass is 10.0. The zero-order chi connectivity index (χ0) is 23.1. The van der Waals surface area contributed by atoms with E-state index < -0.39 is 0 Å². The standard InChI is InChI=1S/C27H40N6O/c1-30-25-17-23(33-10-4-2-3-5-11-33)6-7-24(25)26(29-30)27(34)28-22-8-12-31(13-9-22)14-15-32-18-20-16-21(20)19-32/h6-7,17,20-22H,2-5,8-16,18-19H2,1H3,(H,28,34). The third-order valence-electron chi connectivity index (χ3n) is 8.73. The van der Waals surface area contributed by atoms with E-state index in [4.69, 9.17) is 0 Å². The van der Waals surface area contributed by atoms with Crippen molar-refractivity contribution in [2.75, 3.05) is 57.3 Å². The number of carbonyl (C=O) groups excluding carboxylic acids is 1. The highest BCUT2D eigenvalue weighted by molar-refractivity contribution is 6.05. The lowest BCUT2D eigenvalue weighted by Gasteiger charge is -2.33. The molecule has 1 aromatic heterocycles. The van der Waals surface area contributed by atoms with Crippen molar-refractivity contribution in [2.45, 2.75) is 51.0 Å². The monoisotopic (exact) mass is 464 g/mol. The number of carbonyl (C=O) groups is 1. The zero-order valence-corrected chi connectivity index (χ0v) is 20.7. The molecule has 3 saturated heterocycles. The summed E-state index contributed by atoms with van der Waals surface area (Å²) in [7, 11) is 1.95. The second-order valence-electron chi connectivity index (χ2n) is 11.2.